The summed E-state index contributed by atoms with van der Waals surface area (Å²) < 4.78 is 14.9. The molecule has 0 saturated heterocycles. The summed E-state index contributed by atoms with van der Waals surface area (Å²) >= 11 is 3.39. The van der Waals surface area contributed by atoms with E-state index in [4.69, 9.17) is 0 Å². The largest absolute Gasteiger partial charge is 0.360 e. The Hall–Kier alpha value is -1.61. The Morgan fingerprint density at radius 3 is 2.63 bits per heavy atom. The summed E-state index contributed by atoms with van der Waals surface area (Å²) in [6.45, 7) is 0. The van der Waals surface area contributed by atoms with Crippen LogP contribution in [0.1, 0.15) is 11.1 Å². The molecule has 1 nitrogen and oxygen atoms in total. The Balaban J connectivity index is 1.95. The molecule has 1 heterocycles. The summed E-state index contributed by atoms with van der Waals surface area (Å²) in [5.74, 6) is -0.144. The van der Waals surface area contributed by atoms with Crippen molar-refractivity contribution in [1.29, 1.82) is 0 Å². The van der Waals surface area contributed by atoms with Crippen molar-refractivity contribution in [3.8, 4) is 0 Å². The molecular formula is C16H13BrFN. The molecule has 96 valence electrons. The van der Waals surface area contributed by atoms with Crippen LogP contribution in [-0.4, -0.2) is 4.98 Å². The summed E-state index contributed by atoms with van der Waals surface area (Å²) in [6.07, 6.45) is 3.40. The predicted octanol–water partition coefficient (Wildman–Crippen LogP) is 4.85. The molecular weight excluding hydrogens is 305 g/mol. The quantitative estimate of drug-likeness (QED) is 0.710. The monoisotopic (exact) mass is 317 g/mol. The van der Waals surface area contributed by atoms with Gasteiger partial charge in [-0.1, -0.05) is 30.3 Å². The van der Waals surface area contributed by atoms with Gasteiger partial charge in [0.25, 0.3) is 0 Å². The molecule has 1 N–H and O–H groups in total. The molecule has 1 aromatic heterocycles. The first-order valence-electron chi connectivity index (χ1n) is 6.23. The van der Waals surface area contributed by atoms with Crippen molar-refractivity contribution < 1.29 is 4.39 Å². The molecule has 3 heteroatoms. The van der Waals surface area contributed by atoms with Crippen LogP contribution in [0.3, 0.4) is 0 Å². The van der Waals surface area contributed by atoms with Crippen molar-refractivity contribution in [2.45, 2.75) is 12.8 Å². The molecule has 3 aromatic rings. The van der Waals surface area contributed by atoms with E-state index in [-0.39, 0.29) is 5.82 Å². The van der Waals surface area contributed by atoms with Crippen molar-refractivity contribution in [2.24, 2.45) is 0 Å². The lowest BCUT2D eigenvalue weighted by molar-refractivity contribution is 0.611. The lowest BCUT2D eigenvalue weighted by Crippen LogP contribution is -1.96. The minimum Gasteiger partial charge on any atom is -0.360 e. The fourth-order valence-electron chi connectivity index (χ4n) is 2.39. The number of hydrogen-bond acceptors (Lipinski definition) is 0. The maximum Gasteiger partial charge on any atom is 0.128 e. The van der Waals surface area contributed by atoms with Crippen LogP contribution < -0.4 is 0 Å². The summed E-state index contributed by atoms with van der Waals surface area (Å²) in [6, 6.07) is 13.6. The van der Waals surface area contributed by atoms with Gasteiger partial charge in [-0.2, -0.15) is 0 Å². The highest BCUT2D eigenvalue weighted by atomic mass is 79.9. The molecule has 0 aliphatic carbocycles. The maximum absolute atomic E-state index is 14.1. The Labute approximate surface area is 119 Å². The van der Waals surface area contributed by atoms with Crippen molar-refractivity contribution in [3.63, 3.8) is 0 Å². The molecule has 2 aromatic carbocycles. The standard InChI is InChI=1S/C16H13BrFN/c17-14-10-15(18)12(13-8-9-19-16(13)14)7-6-11-4-2-1-3-5-11/h1-5,8-10,19H,6-7H2. The second kappa shape index (κ2) is 5.17. The van der Waals surface area contributed by atoms with Crippen LogP contribution in [-0.2, 0) is 12.8 Å². The number of aryl methyl sites for hydroxylation is 2. The van der Waals surface area contributed by atoms with Crippen LogP contribution in [0.2, 0.25) is 0 Å². The van der Waals surface area contributed by atoms with Gasteiger partial charge in [0.05, 0.1) is 5.52 Å². The number of halogens is 2. The third-order valence-electron chi connectivity index (χ3n) is 3.36. The summed E-state index contributed by atoms with van der Waals surface area (Å²) in [5.41, 5.74) is 2.97. The molecule has 0 saturated carbocycles. The van der Waals surface area contributed by atoms with Crippen LogP contribution in [0.5, 0.6) is 0 Å². The Morgan fingerprint density at radius 1 is 1.05 bits per heavy atom. The van der Waals surface area contributed by atoms with Crippen molar-refractivity contribution in [2.75, 3.05) is 0 Å². The number of nitrogens with one attached hydrogen (secondary N) is 1. The third kappa shape index (κ3) is 2.43. The third-order valence-corrected chi connectivity index (χ3v) is 3.98. The highest BCUT2D eigenvalue weighted by Gasteiger charge is 2.11. The number of benzene rings is 2. The van der Waals surface area contributed by atoms with E-state index in [0.29, 0.717) is 6.42 Å². The van der Waals surface area contributed by atoms with Crippen LogP contribution in [0, 0.1) is 5.82 Å². The van der Waals surface area contributed by atoms with E-state index >= 15 is 0 Å². The van der Waals surface area contributed by atoms with Crippen LogP contribution >= 0.6 is 15.9 Å². The molecule has 0 fully saturated rings. The minimum absolute atomic E-state index is 0.144. The Morgan fingerprint density at radius 2 is 1.84 bits per heavy atom. The van der Waals surface area contributed by atoms with E-state index in [9.17, 15) is 4.39 Å². The van der Waals surface area contributed by atoms with Gasteiger partial charge >= 0.3 is 0 Å². The van der Waals surface area contributed by atoms with E-state index in [1.807, 2.05) is 30.5 Å². The first-order chi connectivity index (χ1) is 9.25. The van der Waals surface area contributed by atoms with Gasteiger partial charge < -0.3 is 4.98 Å². The molecule has 0 radical (unpaired) electrons. The normalized spacial score (nSPS) is 11.1. The lowest BCUT2D eigenvalue weighted by atomic mass is 10.0. The molecule has 0 amide bonds. The maximum atomic E-state index is 14.1. The second-order valence-electron chi connectivity index (χ2n) is 4.57. The van der Waals surface area contributed by atoms with Crippen LogP contribution in [0.4, 0.5) is 4.39 Å². The van der Waals surface area contributed by atoms with Crippen molar-refractivity contribution >= 4 is 26.8 Å². The van der Waals surface area contributed by atoms with Gasteiger partial charge in [-0.3, -0.25) is 0 Å². The van der Waals surface area contributed by atoms with Gasteiger partial charge in [0, 0.05) is 16.1 Å². The highest BCUT2D eigenvalue weighted by Crippen LogP contribution is 2.29. The first-order valence-corrected chi connectivity index (χ1v) is 7.03. The molecule has 0 spiro atoms. The number of rotatable bonds is 3. The predicted molar refractivity (Wildman–Crippen MR) is 79.8 cm³/mol. The fraction of sp³-hybridized carbons (Fsp3) is 0.125. The first kappa shape index (κ1) is 12.4. The molecule has 19 heavy (non-hydrogen) atoms. The molecule has 0 aliphatic rings. The second-order valence-corrected chi connectivity index (χ2v) is 5.43. The molecule has 0 aliphatic heterocycles. The highest BCUT2D eigenvalue weighted by molar-refractivity contribution is 9.10. The van der Waals surface area contributed by atoms with Gasteiger partial charge in [-0.05, 0) is 52.0 Å². The number of H-pyrrole nitrogens is 1. The Kier molecular flexibility index (Phi) is 3.38. The van der Waals surface area contributed by atoms with Crippen molar-refractivity contribution in [1.82, 2.24) is 4.98 Å². The smallest absolute Gasteiger partial charge is 0.128 e. The van der Waals surface area contributed by atoms with Gasteiger partial charge in [0.2, 0.25) is 0 Å². The fourth-order valence-corrected chi connectivity index (χ4v) is 2.91. The zero-order valence-corrected chi connectivity index (χ0v) is 11.9. The zero-order valence-electron chi connectivity index (χ0n) is 10.3. The molecule has 0 unspecified atom stereocenters. The van der Waals surface area contributed by atoms with E-state index in [1.165, 1.54) is 5.56 Å². The van der Waals surface area contributed by atoms with E-state index in [0.717, 1.165) is 27.4 Å². The zero-order chi connectivity index (χ0) is 13.2. The SMILES string of the molecule is Fc1cc(Br)c2[nH]ccc2c1CCc1ccccc1. The number of aromatic nitrogens is 1. The summed E-state index contributed by atoms with van der Waals surface area (Å²) in [5, 5.41) is 0.961. The van der Waals surface area contributed by atoms with Crippen LogP contribution in [0.25, 0.3) is 10.9 Å². The minimum atomic E-state index is -0.144. The molecule has 0 bridgehead atoms. The summed E-state index contributed by atoms with van der Waals surface area (Å²) in [4.78, 5) is 3.14. The van der Waals surface area contributed by atoms with Crippen LogP contribution in [0.15, 0.2) is 53.1 Å². The topological polar surface area (TPSA) is 15.8 Å². The average Bonchev–Trinajstić information content (AvgIpc) is 2.89. The number of fused-ring (bicyclic) bond motifs is 1. The molecule has 3 rings (SSSR count). The number of aromatic amines is 1. The summed E-state index contributed by atoms with van der Waals surface area (Å²) in [7, 11) is 0. The van der Waals surface area contributed by atoms with Crippen molar-refractivity contribution in [3.05, 3.63) is 70.1 Å². The Bertz CT molecular complexity index is 703. The van der Waals surface area contributed by atoms with Gasteiger partial charge in [0.15, 0.2) is 0 Å². The van der Waals surface area contributed by atoms with E-state index in [2.05, 4.69) is 33.0 Å². The van der Waals surface area contributed by atoms with Gasteiger partial charge in [-0.15, -0.1) is 0 Å². The van der Waals surface area contributed by atoms with Gasteiger partial charge in [-0.25, -0.2) is 4.39 Å². The molecule has 0 atom stereocenters. The van der Waals surface area contributed by atoms with E-state index < -0.39 is 0 Å². The lowest BCUT2D eigenvalue weighted by Gasteiger charge is -2.07. The average molecular weight is 318 g/mol. The van der Waals surface area contributed by atoms with Gasteiger partial charge in [0.1, 0.15) is 5.82 Å². The number of hydrogen-bond donors (Lipinski definition) is 1. The van der Waals surface area contributed by atoms with E-state index in [1.54, 1.807) is 6.07 Å².